The molecule has 5 nitrogen and oxygen atoms in total. The van der Waals surface area contributed by atoms with E-state index in [-0.39, 0.29) is 17.8 Å². The zero-order chi connectivity index (χ0) is 16.1. The van der Waals surface area contributed by atoms with E-state index in [4.69, 9.17) is 10.5 Å². The van der Waals surface area contributed by atoms with Crippen molar-refractivity contribution in [2.24, 2.45) is 11.3 Å². The summed E-state index contributed by atoms with van der Waals surface area (Å²) in [5.41, 5.74) is 6.14. The van der Waals surface area contributed by atoms with Crippen LogP contribution >= 0.6 is 0 Å². The Labute approximate surface area is 127 Å². The van der Waals surface area contributed by atoms with E-state index in [0.29, 0.717) is 23.9 Å². The summed E-state index contributed by atoms with van der Waals surface area (Å²) in [6, 6.07) is 6.93. The highest BCUT2D eigenvalue weighted by Gasteiger charge is 2.24. The van der Waals surface area contributed by atoms with E-state index >= 15 is 0 Å². The molecule has 0 atom stereocenters. The third-order valence-corrected chi connectivity index (χ3v) is 5.08. The van der Waals surface area contributed by atoms with Crippen molar-refractivity contribution in [2.75, 3.05) is 24.6 Å². The molecule has 0 saturated carbocycles. The van der Waals surface area contributed by atoms with Crippen LogP contribution in [0, 0.1) is 11.3 Å². The largest absolute Gasteiger partial charge is 0.492 e. The van der Waals surface area contributed by atoms with Crippen LogP contribution in [0.3, 0.4) is 0 Å². The highest BCUT2D eigenvalue weighted by Crippen LogP contribution is 2.24. The van der Waals surface area contributed by atoms with Gasteiger partial charge in [0.05, 0.1) is 5.75 Å². The van der Waals surface area contributed by atoms with Crippen molar-refractivity contribution in [3.8, 4) is 5.75 Å². The molecule has 1 rings (SSSR count). The van der Waals surface area contributed by atoms with Gasteiger partial charge in [0.2, 0.25) is 10.0 Å². The van der Waals surface area contributed by atoms with Crippen LogP contribution in [-0.4, -0.2) is 27.3 Å². The molecule has 0 amide bonds. The Bertz CT molecular complexity index is 554. The predicted molar refractivity (Wildman–Crippen MR) is 86.8 cm³/mol. The second kappa shape index (κ2) is 7.13. The topological polar surface area (TPSA) is 81.4 Å². The Morgan fingerprint density at radius 2 is 2.00 bits per heavy atom. The number of nitrogens with two attached hydrogens (primary N) is 1. The fraction of sp³-hybridized carbons (Fsp3) is 0.600. The molecule has 0 radical (unpaired) electrons. The summed E-state index contributed by atoms with van der Waals surface area (Å²) in [5, 5.41) is 0. The van der Waals surface area contributed by atoms with Gasteiger partial charge in [-0.3, -0.25) is 0 Å². The predicted octanol–water partition coefficient (Wildman–Crippen LogP) is 2.25. The Morgan fingerprint density at radius 3 is 2.57 bits per heavy atom. The van der Waals surface area contributed by atoms with E-state index in [1.807, 2.05) is 13.8 Å². The minimum atomic E-state index is -3.33. The number of anilines is 1. The van der Waals surface area contributed by atoms with Crippen molar-refractivity contribution in [3.05, 3.63) is 24.3 Å². The quantitative estimate of drug-likeness (QED) is 0.721. The van der Waals surface area contributed by atoms with Gasteiger partial charge in [0, 0.05) is 18.3 Å². The maximum Gasteiger partial charge on any atom is 0.214 e. The smallest absolute Gasteiger partial charge is 0.214 e. The summed E-state index contributed by atoms with van der Waals surface area (Å²) in [6.07, 6.45) is 0. The van der Waals surface area contributed by atoms with E-state index < -0.39 is 10.0 Å². The molecule has 6 heteroatoms. The van der Waals surface area contributed by atoms with Gasteiger partial charge in [-0.05, 0) is 23.5 Å². The van der Waals surface area contributed by atoms with Crippen LogP contribution in [0.1, 0.15) is 27.7 Å². The molecule has 1 aromatic rings. The van der Waals surface area contributed by atoms with Crippen molar-refractivity contribution in [2.45, 2.75) is 27.7 Å². The second-order valence-electron chi connectivity index (χ2n) is 6.20. The molecule has 0 aliphatic heterocycles. The highest BCUT2D eigenvalue weighted by molar-refractivity contribution is 7.89. The molecule has 0 aliphatic rings. The summed E-state index contributed by atoms with van der Waals surface area (Å²) in [7, 11) is -3.33. The van der Waals surface area contributed by atoms with Gasteiger partial charge in [0.1, 0.15) is 12.4 Å². The molecule has 0 saturated heterocycles. The first-order valence-corrected chi connectivity index (χ1v) is 8.73. The molecule has 1 aromatic carbocycles. The molecule has 3 N–H and O–H groups in total. The standard InChI is InChI=1S/C15H26N2O3S/c1-12(2)15(3,4)11-17-21(18,19)9-8-20-14-7-5-6-13(16)10-14/h5-7,10,12,17H,8-9,11,16H2,1-4H3. The Kier molecular flexibility index (Phi) is 6.04. The van der Waals surface area contributed by atoms with Gasteiger partial charge in [-0.15, -0.1) is 0 Å². The lowest BCUT2D eigenvalue weighted by Gasteiger charge is -2.29. The molecular formula is C15H26N2O3S. The molecule has 0 aliphatic carbocycles. The summed E-state index contributed by atoms with van der Waals surface area (Å²) >= 11 is 0. The molecule has 0 unspecified atom stereocenters. The SMILES string of the molecule is CC(C)C(C)(C)CNS(=O)(=O)CCOc1cccc(N)c1. The van der Waals surface area contributed by atoms with Crippen LogP contribution in [0.25, 0.3) is 0 Å². The fourth-order valence-corrected chi connectivity index (χ4v) is 2.48. The molecule has 0 bridgehead atoms. The molecular weight excluding hydrogens is 288 g/mol. The van der Waals surface area contributed by atoms with Crippen molar-refractivity contribution >= 4 is 15.7 Å². The summed E-state index contributed by atoms with van der Waals surface area (Å²) < 4.78 is 31.9. The fourth-order valence-electron chi connectivity index (χ4n) is 1.45. The lowest BCUT2D eigenvalue weighted by atomic mass is 9.81. The van der Waals surface area contributed by atoms with Crippen LogP contribution in [0.15, 0.2) is 24.3 Å². The Hall–Kier alpha value is -1.27. The van der Waals surface area contributed by atoms with Crippen molar-refractivity contribution in [1.29, 1.82) is 0 Å². The maximum absolute atomic E-state index is 11.9. The van der Waals surface area contributed by atoms with Gasteiger partial charge in [-0.2, -0.15) is 0 Å². The van der Waals surface area contributed by atoms with Crippen LogP contribution in [0.2, 0.25) is 0 Å². The van der Waals surface area contributed by atoms with E-state index in [9.17, 15) is 8.42 Å². The van der Waals surface area contributed by atoms with Crippen molar-refractivity contribution in [1.82, 2.24) is 4.72 Å². The van der Waals surface area contributed by atoms with Gasteiger partial charge >= 0.3 is 0 Å². The number of hydrogen-bond acceptors (Lipinski definition) is 4. The second-order valence-corrected chi connectivity index (χ2v) is 8.13. The summed E-state index contributed by atoms with van der Waals surface area (Å²) in [5.74, 6) is 0.896. The van der Waals surface area contributed by atoms with Crippen molar-refractivity contribution in [3.63, 3.8) is 0 Å². The number of nitrogen functional groups attached to an aromatic ring is 1. The number of nitrogens with one attached hydrogen (secondary N) is 1. The minimum absolute atomic E-state index is 0.0734. The van der Waals surface area contributed by atoms with E-state index in [2.05, 4.69) is 18.6 Å². The van der Waals surface area contributed by atoms with Crippen LogP contribution in [0.4, 0.5) is 5.69 Å². The Morgan fingerprint density at radius 1 is 1.33 bits per heavy atom. The normalized spacial score (nSPS) is 12.6. The number of rotatable bonds is 8. The summed E-state index contributed by atoms with van der Waals surface area (Å²) in [6.45, 7) is 8.77. The zero-order valence-corrected chi connectivity index (χ0v) is 14.0. The molecule has 0 fully saturated rings. The molecule has 0 spiro atoms. The van der Waals surface area contributed by atoms with E-state index in [1.54, 1.807) is 24.3 Å². The molecule has 0 heterocycles. The summed E-state index contributed by atoms with van der Waals surface area (Å²) in [4.78, 5) is 0. The number of sulfonamides is 1. The Balaban J connectivity index is 2.43. The van der Waals surface area contributed by atoms with Gasteiger partial charge < -0.3 is 10.5 Å². The lowest BCUT2D eigenvalue weighted by Crippen LogP contribution is -2.38. The van der Waals surface area contributed by atoms with Crippen LogP contribution in [-0.2, 0) is 10.0 Å². The monoisotopic (exact) mass is 314 g/mol. The molecule has 21 heavy (non-hydrogen) atoms. The number of ether oxygens (including phenoxy) is 1. The minimum Gasteiger partial charge on any atom is -0.492 e. The van der Waals surface area contributed by atoms with Gasteiger partial charge in [-0.1, -0.05) is 33.8 Å². The van der Waals surface area contributed by atoms with Gasteiger partial charge in [-0.25, -0.2) is 13.1 Å². The van der Waals surface area contributed by atoms with Crippen molar-refractivity contribution < 1.29 is 13.2 Å². The first-order valence-electron chi connectivity index (χ1n) is 7.08. The third-order valence-electron chi connectivity index (χ3n) is 3.79. The van der Waals surface area contributed by atoms with Gasteiger partial charge in [0.15, 0.2) is 0 Å². The maximum atomic E-state index is 11.9. The first-order chi connectivity index (χ1) is 9.62. The van der Waals surface area contributed by atoms with Crippen LogP contribution < -0.4 is 15.2 Å². The van der Waals surface area contributed by atoms with Gasteiger partial charge in [0.25, 0.3) is 0 Å². The average molecular weight is 314 g/mol. The first kappa shape index (κ1) is 17.8. The third kappa shape index (κ3) is 6.35. The zero-order valence-electron chi connectivity index (χ0n) is 13.2. The number of hydrogen-bond donors (Lipinski definition) is 2. The molecule has 120 valence electrons. The van der Waals surface area contributed by atoms with Crippen LogP contribution in [0.5, 0.6) is 5.75 Å². The number of benzene rings is 1. The van der Waals surface area contributed by atoms with E-state index in [0.717, 1.165) is 0 Å². The average Bonchev–Trinajstić information content (AvgIpc) is 2.36. The highest BCUT2D eigenvalue weighted by atomic mass is 32.2. The molecule has 0 aromatic heterocycles. The van der Waals surface area contributed by atoms with E-state index in [1.165, 1.54) is 0 Å². The lowest BCUT2D eigenvalue weighted by molar-refractivity contribution is 0.252.